The molecule has 2 aromatic heterocycles. The van der Waals surface area contributed by atoms with Crippen molar-refractivity contribution in [2.45, 2.75) is 77.7 Å². The van der Waals surface area contributed by atoms with Crippen LogP contribution in [0.25, 0.3) is 10.6 Å². The molecular weight excluding hydrogens is 346 g/mol. The molecular formula is C20H27N3O2S. The largest absolute Gasteiger partial charge is 0.462 e. The standard InChI is InChI=1S/C20H27N3O2S/c1-3-25-20(24)18-17(14-9-5-4-6-10-14)21-19(26-18)16-13(2)22-23-12-8-7-11-15(16)23/h14H,3-12H2,1-2H3. The molecule has 0 amide bonds. The molecule has 0 atom stereocenters. The highest BCUT2D eigenvalue weighted by molar-refractivity contribution is 7.17. The van der Waals surface area contributed by atoms with Gasteiger partial charge in [-0.1, -0.05) is 19.3 Å². The number of carbonyl (C=O) groups is 1. The number of carbonyl (C=O) groups excluding carboxylic acids is 1. The average Bonchev–Trinajstić information content (AvgIpc) is 3.23. The van der Waals surface area contributed by atoms with Gasteiger partial charge in [-0.05, 0) is 46.0 Å². The zero-order valence-corrected chi connectivity index (χ0v) is 16.5. The first-order valence-electron chi connectivity index (χ1n) is 9.93. The fourth-order valence-corrected chi connectivity index (χ4v) is 5.50. The first kappa shape index (κ1) is 17.7. The summed E-state index contributed by atoms with van der Waals surface area (Å²) in [5.41, 5.74) is 4.44. The van der Waals surface area contributed by atoms with Crippen molar-refractivity contribution in [2.75, 3.05) is 6.61 Å². The highest BCUT2D eigenvalue weighted by Crippen LogP contribution is 2.41. The molecule has 6 heteroatoms. The summed E-state index contributed by atoms with van der Waals surface area (Å²) in [6.07, 6.45) is 9.42. The topological polar surface area (TPSA) is 57.0 Å². The van der Waals surface area contributed by atoms with E-state index in [0.717, 1.165) is 47.8 Å². The third-order valence-corrected chi connectivity index (χ3v) is 6.65. The molecule has 140 valence electrons. The maximum Gasteiger partial charge on any atom is 0.350 e. The van der Waals surface area contributed by atoms with Gasteiger partial charge in [0.15, 0.2) is 0 Å². The molecule has 1 aliphatic carbocycles. The number of esters is 1. The molecule has 1 fully saturated rings. The molecule has 3 heterocycles. The molecule has 0 aromatic carbocycles. The van der Waals surface area contributed by atoms with Crippen LogP contribution in [0.1, 0.15) is 84.5 Å². The minimum Gasteiger partial charge on any atom is -0.462 e. The number of thiazole rings is 1. The monoisotopic (exact) mass is 373 g/mol. The van der Waals surface area contributed by atoms with Crippen molar-refractivity contribution in [1.82, 2.24) is 14.8 Å². The Morgan fingerprint density at radius 3 is 2.81 bits per heavy atom. The first-order valence-corrected chi connectivity index (χ1v) is 10.7. The second-order valence-electron chi connectivity index (χ2n) is 7.38. The second kappa shape index (κ2) is 7.51. The molecule has 0 unspecified atom stereocenters. The molecule has 1 saturated carbocycles. The minimum atomic E-state index is -0.212. The number of ether oxygens (including phenoxy) is 1. The van der Waals surface area contributed by atoms with Crippen LogP contribution >= 0.6 is 11.3 Å². The van der Waals surface area contributed by atoms with Crippen LogP contribution in [0.4, 0.5) is 0 Å². The fourth-order valence-electron chi connectivity index (χ4n) is 4.33. The second-order valence-corrected chi connectivity index (χ2v) is 8.38. The van der Waals surface area contributed by atoms with Crippen LogP contribution in [0, 0.1) is 6.92 Å². The highest BCUT2D eigenvalue weighted by Gasteiger charge is 2.30. The van der Waals surface area contributed by atoms with E-state index in [9.17, 15) is 4.79 Å². The Bertz CT molecular complexity index is 802. The van der Waals surface area contributed by atoms with Gasteiger partial charge in [-0.2, -0.15) is 5.10 Å². The molecule has 0 radical (unpaired) electrons. The lowest BCUT2D eigenvalue weighted by molar-refractivity contribution is 0.0529. The maximum atomic E-state index is 12.6. The van der Waals surface area contributed by atoms with Gasteiger partial charge in [-0.25, -0.2) is 9.78 Å². The van der Waals surface area contributed by atoms with Crippen LogP contribution in [0.3, 0.4) is 0 Å². The third kappa shape index (κ3) is 3.20. The molecule has 2 aliphatic rings. The summed E-state index contributed by atoms with van der Waals surface area (Å²) >= 11 is 1.51. The van der Waals surface area contributed by atoms with Crippen LogP contribution in [0.5, 0.6) is 0 Å². The van der Waals surface area contributed by atoms with Crippen LogP contribution in [0.15, 0.2) is 0 Å². The Morgan fingerprint density at radius 1 is 1.23 bits per heavy atom. The van der Waals surface area contributed by atoms with Gasteiger partial charge in [-0.15, -0.1) is 11.3 Å². The van der Waals surface area contributed by atoms with E-state index in [1.807, 2.05) is 6.92 Å². The lowest BCUT2D eigenvalue weighted by atomic mass is 9.86. The quantitative estimate of drug-likeness (QED) is 0.717. The minimum absolute atomic E-state index is 0.212. The molecule has 0 bridgehead atoms. The Hall–Kier alpha value is -1.69. The van der Waals surface area contributed by atoms with Crippen LogP contribution in [-0.2, 0) is 17.7 Å². The molecule has 0 spiro atoms. The number of nitrogens with zero attached hydrogens (tertiary/aromatic N) is 3. The van der Waals surface area contributed by atoms with Crippen molar-refractivity contribution >= 4 is 17.3 Å². The summed E-state index contributed by atoms with van der Waals surface area (Å²) in [6.45, 7) is 5.31. The predicted molar refractivity (Wildman–Crippen MR) is 103 cm³/mol. The third-order valence-electron chi connectivity index (χ3n) is 5.59. The van der Waals surface area contributed by atoms with Crippen molar-refractivity contribution in [1.29, 1.82) is 0 Å². The van der Waals surface area contributed by atoms with Gasteiger partial charge in [-0.3, -0.25) is 4.68 Å². The smallest absolute Gasteiger partial charge is 0.350 e. The Labute approximate surface area is 158 Å². The van der Waals surface area contributed by atoms with Gasteiger partial charge < -0.3 is 4.74 Å². The molecule has 2 aromatic rings. The van der Waals surface area contributed by atoms with Crippen molar-refractivity contribution in [2.24, 2.45) is 0 Å². The lowest BCUT2D eigenvalue weighted by Crippen LogP contribution is -2.12. The predicted octanol–water partition coefficient (Wildman–Crippen LogP) is 4.88. The van der Waals surface area contributed by atoms with Gasteiger partial charge in [0, 0.05) is 18.2 Å². The SMILES string of the molecule is CCOC(=O)c1sc(-c2c(C)nn3c2CCCC3)nc1C1CCCCC1. The van der Waals surface area contributed by atoms with Crippen LogP contribution in [0.2, 0.25) is 0 Å². The van der Waals surface area contributed by atoms with Crippen molar-refractivity contribution in [3.8, 4) is 10.6 Å². The van der Waals surface area contributed by atoms with Gasteiger partial charge in [0.25, 0.3) is 0 Å². The summed E-state index contributed by atoms with van der Waals surface area (Å²) in [6, 6.07) is 0. The van der Waals surface area contributed by atoms with E-state index in [-0.39, 0.29) is 5.97 Å². The average molecular weight is 374 g/mol. The molecule has 0 saturated heterocycles. The summed E-state index contributed by atoms with van der Waals surface area (Å²) < 4.78 is 7.48. The maximum absolute atomic E-state index is 12.6. The Balaban J connectivity index is 1.78. The number of aryl methyl sites for hydroxylation is 2. The van der Waals surface area contributed by atoms with E-state index in [0.29, 0.717) is 17.4 Å². The summed E-state index contributed by atoms with van der Waals surface area (Å²) in [5.74, 6) is 0.176. The number of fused-ring (bicyclic) bond motifs is 1. The summed E-state index contributed by atoms with van der Waals surface area (Å²) in [5, 5.41) is 5.68. The summed E-state index contributed by atoms with van der Waals surface area (Å²) in [7, 11) is 0. The zero-order valence-electron chi connectivity index (χ0n) is 15.7. The van der Waals surface area contributed by atoms with Gasteiger partial charge in [0.1, 0.15) is 9.88 Å². The molecule has 0 N–H and O–H groups in total. The Kier molecular flexibility index (Phi) is 5.11. The normalized spacial score (nSPS) is 17.9. The van der Waals surface area contributed by atoms with E-state index in [2.05, 4.69) is 11.6 Å². The summed E-state index contributed by atoms with van der Waals surface area (Å²) in [4.78, 5) is 18.3. The van der Waals surface area contributed by atoms with Crippen molar-refractivity contribution in [3.63, 3.8) is 0 Å². The van der Waals surface area contributed by atoms with Gasteiger partial charge in [0.2, 0.25) is 0 Å². The van der Waals surface area contributed by atoms with E-state index < -0.39 is 0 Å². The number of hydrogen-bond donors (Lipinski definition) is 0. The fraction of sp³-hybridized carbons (Fsp3) is 0.650. The Morgan fingerprint density at radius 2 is 2.04 bits per heavy atom. The number of rotatable bonds is 4. The zero-order chi connectivity index (χ0) is 18.1. The molecule has 1 aliphatic heterocycles. The van der Waals surface area contributed by atoms with Gasteiger partial charge >= 0.3 is 5.97 Å². The van der Waals surface area contributed by atoms with E-state index in [1.54, 1.807) is 0 Å². The lowest BCUT2D eigenvalue weighted by Gasteiger charge is -2.20. The highest BCUT2D eigenvalue weighted by atomic mass is 32.1. The molecule has 26 heavy (non-hydrogen) atoms. The van der Waals surface area contributed by atoms with E-state index in [4.69, 9.17) is 14.8 Å². The van der Waals surface area contributed by atoms with Crippen LogP contribution < -0.4 is 0 Å². The molecule has 5 nitrogen and oxygen atoms in total. The van der Waals surface area contributed by atoms with Crippen molar-refractivity contribution < 1.29 is 9.53 Å². The van der Waals surface area contributed by atoms with Crippen molar-refractivity contribution in [3.05, 3.63) is 22.0 Å². The molecule has 4 rings (SSSR count). The first-order chi connectivity index (χ1) is 12.7. The number of aromatic nitrogens is 3. The van der Waals surface area contributed by atoms with Gasteiger partial charge in [0.05, 0.1) is 23.6 Å². The van der Waals surface area contributed by atoms with E-state index in [1.165, 1.54) is 49.1 Å². The van der Waals surface area contributed by atoms with E-state index >= 15 is 0 Å². The van der Waals surface area contributed by atoms with Crippen LogP contribution in [-0.4, -0.2) is 27.3 Å². The number of hydrogen-bond acceptors (Lipinski definition) is 5.